The minimum absolute atomic E-state index is 0.171. The van der Waals surface area contributed by atoms with Crippen LogP contribution in [-0.4, -0.2) is 24.1 Å². The van der Waals surface area contributed by atoms with Gasteiger partial charge in [0.15, 0.2) is 0 Å². The van der Waals surface area contributed by atoms with Crippen LogP contribution in [0.1, 0.15) is 5.56 Å². The van der Waals surface area contributed by atoms with Gasteiger partial charge < -0.3 is 10.5 Å². The van der Waals surface area contributed by atoms with E-state index in [0.717, 1.165) is 17.3 Å². The smallest absolute Gasteiger partial charge is 0.334 e. The SMILES string of the molecule is COC(=O)/C(=C/c1ccc(Cl)cc1)CSC(N)=O. The zero-order chi connectivity index (χ0) is 13.5. The quantitative estimate of drug-likeness (QED) is 0.682. The number of amides is 1. The van der Waals surface area contributed by atoms with E-state index in [9.17, 15) is 9.59 Å². The second-order valence-electron chi connectivity index (χ2n) is 3.32. The average Bonchev–Trinajstić information content (AvgIpc) is 2.35. The fourth-order valence-corrected chi connectivity index (χ4v) is 1.82. The lowest BCUT2D eigenvalue weighted by Crippen LogP contribution is -2.10. The van der Waals surface area contributed by atoms with Crippen LogP contribution in [0.3, 0.4) is 0 Å². The van der Waals surface area contributed by atoms with Crippen LogP contribution in [0, 0.1) is 0 Å². The predicted octanol–water partition coefficient (Wildman–Crippen LogP) is 2.71. The number of carbonyl (C=O) groups excluding carboxylic acids is 2. The van der Waals surface area contributed by atoms with E-state index in [2.05, 4.69) is 4.74 Å². The molecule has 0 spiro atoms. The van der Waals surface area contributed by atoms with Crippen LogP contribution in [0.15, 0.2) is 29.8 Å². The van der Waals surface area contributed by atoms with Gasteiger partial charge >= 0.3 is 5.97 Å². The molecule has 0 heterocycles. The van der Waals surface area contributed by atoms with Crippen LogP contribution in [0.25, 0.3) is 6.08 Å². The van der Waals surface area contributed by atoms with Crippen LogP contribution in [0.5, 0.6) is 0 Å². The molecule has 0 aliphatic carbocycles. The van der Waals surface area contributed by atoms with Crippen LogP contribution in [-0.2, 0) is 9.53 Å². The molecular weight excluding hydrogens is 274 g/mol. The topological polar surface area (TPSA) is 69.4 Å². The van der Waals surface area contributed by atoms with Crippen molar-refractivity contribution in [1.29, 1.82) is 0 Å². The Bertz CT molecular complexity index is 471. The van der Waals surface area contributed by atoms with E-state index in [-0.39, 0.29) is 5.75 Å². The zero-order valence-corrected chi connectivity index (χ0v) is 11.3. The maximum atomic E-state index is 11.5. The van der Waals surface area contributed by atoms with E-state index < -0.39 is 11.2 Å². The number of rotatable bonds is 4. The summed E-state index contributed by atoms with van der Waals surface area (Å²) in [5.74, 6) is -0.316. The Morgan fingerprint density at radius 2 is 2.00 bits per heavy atom. The molecule has 1 rings (SSSR count). The van der Waals surface area contributed by atoms with E-state index in [1.807, 2.05) is 0 Å². The highest BCUT2D eigenvalue weighted by Crippen LogP contribution is 2.16. The number of carbonyl (C=O) groups is 2. The summed E-state index contributed by atoms with van der Waals surface area (Å²) in [5, 5.41) is 0.0687. The van der Waals surface area contributed by atoms with Gasteiger partial charge in [0.2, 0.25) is 0 Å². The number of hydrogen-bond donors (Lipinski definition) is 1. The summed E-state index contributed by atoms with van der Waals surface area (Å²) < 4.78 is 4.64. The molecular formula is C12H12ClNO3S. The molecule has 0 bridgehead atoms. The zero-order valence-electron chi connectivity index (χ0n) is 9.68. The summed E-state index contributed by atoms with van der Waals surface area (Å²) in [6.45, 7) is 0. The second-order valence-corrected chi connectivity index (χ2v) is 4.74. The third-order valence-electron chi connectivity index (χ3n) is 2.03. The Labute approximate surface area is 114 Å². The highest BCUT2D eigenvalue weighted by molar-refractivity contribution is 8.13. The Morgan fingerprint density at radius 1 is 1.39 bits per heavy atom. The first-order valence-corrected chi connectivity index (χ1v) is 6.36. The van der Waals surface area contributed by atoms with Crippen LogP contribution in [0.2, 0.25) is 5.02 Å². The average molecular weight is 286 g/mol. The predicted molar refractivity (Wildman–Crippen MR) is 73.5 cm³/mol. The fraction of sp³-hybridized carbons (Fsp3) is 0.167. The molecule has 0 saturated heterocycles. The number of nitrogens with two attached hydrogens (primary N) is 1. The molecule has 1 amide bonds. The molecule has 0 radical (unpaired) electrons. The largest absolute Gasteiger partial charge is 0.466 e. The number of hydrogen-bond acceptors (Lipinski definition) is 4. The molecule has 0 aliphatic heterocycles. The number of esters is 1. The van der Waals surface area contributed by atoms with Gasteiger partial charge in [-0.15, -0.1) is 0 Å². The summed E-state index contributed by atoms with van der Waals surface area (Å²) in [7, 11) is 1.28. The first kappa shape index (κ1) is 14.6. The first-order valence-electron chi connectivity index (χ1n) is 4.99. The molecule has 0 aromatic heterocycles. The van der Waals surface area contributed by atoms with Crippen molar-refractivity contribution in [3.05, 3.63) is 40.4 Å². The first-order chi connectivity index (χ1) is 8.52. The van der Waals surface area contributed by atoms with Gasteiger partial charge in [-0.1, -0.05) is 35.5 Å². The maximum Gasteiger partial charge on any atom is 0.334 e. The molecule has 4 nitrogen and oxygen atoms in total. The van der Waals surface area contributed by atoms with Gasteiger partial charge in [0.1, 0.15) is 0 Å². The van der Waals surface area contributed by atoms with E-state index in [4.69, 9.17) is 17.3 Å². The number of benzene rings is 1. The van der Waals surface area contributed by atoms with E-state index >= 15 is 0 Å². The highest BCUT2D eigenvalue weighted by Gasteiger charge is 2.11. The molecule has 1 aromatic rings. The van der Waals surface area contributed by atoms with E-state index in [1.54, 1.807) is 30.3 Å². The number of thioether (sulfide) groups is 1. The molecule has 0 unspecified atom stereocenters. The Kier molecular flexibility index (Phi) is 5.74. The van der Waals surface area contributed by atoms with Gasteiger partial charge in [-0.3, -0.25) is 4.79 Å². The van der Waals surface area contributed by atoms with Crippen molar-refractivity contribution in [2.45, 2.75) is 0 Å². The normalized spacial score (nSPS) is 11.1. The maximum absolute atomic E-state index is 11.5. The molecule has 0 fully saturated rings. The number of ether oxygens (including phenoxy) is 1. The lowest BCUT2D eigenvalue weighted by Gasteiger charge is -2.04. The van der Waals surface area contributed by atoms with Crippen molar-refractivity contribution in [2.24, 2.45) is 5.73 Å². The van der Waals surface area contributed by atoms with Gasteiger partial charge in [-0.2, -0.15) is 0 Å². The van der Waals surface area contributed by atoms with Gasteiger partial charge in [0, 0.05) is 16.3 Å². The number of primary amides is 1. The molecule has 0 atom stereocenters. The van der Waals surface area contributed by atoms with Gasteiger partial charge in [0.05, 0.1) is 7.11 Å². The Balaban J connectivity index is 2.90. The number of halogens is 1. The molecule has 1 aromatic carbocycles. The standard InChI is InChI=1S/C12H12ClNO3S/c1-17-11(15)9(7-18-12(14)16)6-8-2-4-10(13)5-3-8/h2-6H,7H2,1H3,(H2,14,16)/b9-6+. The fourth-order valence-electron chi connectivity index (χ4n) is 1.20. The number of methoxy groups -OCH3 is 1. The Hall–Kier alpha value is -1.46. The molecule has 0 saturated carbocycles. The summed E-state index contributed by atoms with van der Waals surface area (Å²) in [5.41, 5.74) is 6.18. The third kappa shape index (κ3) is 4.81. The third-order valence-corrected chi connectivity index (χ3v) is 3.02. The van der Waals surface area contributed by atoms with Crippen LogP contribution >= 0.6 is 23.4 Å². The highest BCUT2D eigenvalue weighted by atomic mass is 35.5. The van der Waals surface area contributed by atoms with Crippen molar-refractivity contribution in [3.8, 4) is 0 Å². The molecule has 96 valence electrons. The summed E-state index contributed by atoms with van der Waals surface area (Å²) >= 11 is 6.61. The van der Waals surface area contributed by atoms with Crippen molar-refractivity contribution in [2.75, 3.05) is 12.9 Å². The monoisotopic (exact) mass is 285 g/mol. The lowest BCUT2D eigenvalue weighted by molar-refractivity contribution is -0.135. The van der Waals surface area contributed by atoms with Crippen molar-refractivity contribution >= 4 is 40.6 Å². The molecule has 6 heteroatoms. The summed E-state index contributed by atoms with van der Waals surface area (Å²) in [6, 6.07) is 6.95. The summed E-state index contributed by atoms with van der Waals surface area (Å²) in [6.07, 6.45) is 1.64. The van der Waals surface area contributed by atoms with Crippen LogP contribution < -0.4 is 5.73 Å². The lowest BCUT2D eigenvalue weighted by atomic mass is 10.1. The van der Waals surface area contributed by atoms with E-state index in [0.29, 0.717) is 10.6 Å². The second kappa shape index (κ2) is 7.08. The van der Waals surface area contributed by atoms with E-state index in [1.165, 1.54) is 7.11 Å². The van der Waals surface area contributed by atoms with Crippen LogP contribution in [0.4, 0.5) is 4.79 Å². The minimum Gasteiger partial charge on any atom is -0.466 e. The molecule has 0 aliphatic rings. The summed E-state index contributed by atoms with van der Waals surface area (Å²) in [4.78, 5) is 22.2. The molecule has 18 heavy (non-hydrogen) atoms. The van der Waals surface area contributed by atoms with Gasteiger partial charge in [0.25, 0.3) is 5.24 Å². The van der Waals surface area contributed by atoms with Crippen molar-refractivity contribution < 1.29 is 14.3 Å². The van der Waals surface area contributed by atoms with Crippen molar-refractivity contribution in [3.63, 3.8) is 0 Å². The Morgan fingerprint density at radius 3 is 2.50 bits per heavy atom. The molecule has 2 N–H and O–H groups in total. The van der Waals surface area contributed by atoms with Gasteiger partial charge in [-0.05, 0) is 23.8 Å². The minimum atomic E-state index is -0.541. The van der Waals surface area contributed by atoms with Crippen molar-refractivity contribution in [1.82, 2.24) is 0 Å². The van der Waals surface area contributed by atoms with Gasteiger partial charge in [-0.25, -0.2) is 4.79 Å².